The number of amides is 1. The number of hydrogen-bond acceptors (Lipinski definition) is 7. The third-order valence-corrected chi connectivity index (χ3v) is 8.92. The molecule has 4 aromatic rings. The van der Waals surface area contributed by atoms with E-state index < -0.39 is 10.0 Å². The average Bonchev–Trinajstić information content (AvgIpc) is 3.57. The molecule has 198 valence electrons. The zero-order valence-corrected chi connectivity index (χ0v) is 23.2. The first-order chi connectivity index (χ1) is 18.2. The standard InChI is InChI=1S/C27H26ClN3O5S2/c1-17-14-19(28)15-24-25(17)29-27(37-24)31(16-22-4-3-13-36-22)26(32)18-5-7-20(8-6-18)30-38(33,34)23-11-9-21(35-2)10-12-23/h5-12,14-15,22,30H,3-4,13,16H2,1-2H3. The molecule has 8 nitrogen and oxygen atoms in total. The monoisotopic (exact) mass is 571 g/mol. The number of nitrogens with one attached hydrogen (secondary N) is 1. The summed E-state index contributed by atoms with van der Waals surface area (Å²) in [6, 6.07) is 16.1. The molecule has 1 unspecified atom stereocenters. The van der Waals surface area contributed by atoms with E-state index in [2.05, 4.69) is 4.72 Å². The molecule has 1 fully saturated rings. The highest BCUT2D eigenvalue weighted by molar-refractivity contribution is 7.92. The molecule has 1 N–H and O–H groups in total. The molecule has 11 heteroatoms. The molecule has 0 radical (unpaired) electrons. The molecular weight excluding hydrogens is 546 g/mol. The van der Waals surface area contributed by atoms with Crippen molar-refractivity contribution in [2.24, 2.45) is 0 Å². The second-order valence-electron chi connectivity index (χ2n) is 8.98. The highest BCUT2D eigenvalue weighted by atomic mass is 35.5. The van der Waals surface area contributed by atoms with Crippen LogP contribution in [0, 0.1) is 6.92 Å². The summed E-state index contributed by atoms with van der Waals surface area (Å²) >= 11 is 7.65. The molecule has 3 aromatic carbocycles. The summed E-state index contributed by atoms with van der Waals surface area (Å²) in [5.74, 6) is 0.318. The number of aromatic nitrogens is 1. The van der Waals surface area contributed by atoms with Crippen LogP contribution in [-0.2, 0) is 14.8 Å². The number of carbonyl (C=O) groups is 1. The number of methoxy groups -OCH3 is 1. The topological polar surface area (TPSA) is 97.8 Å². The van der Waals surface area contributed by atoms with Crippen LogP contribution in [0.2, 0.25) is 5.02 Å². The Hall–Kier alpha value is -3.18. The van der Waals surface area contributed by atoms with E-state index in [1.54, 1.807) is 41.3 Å². The molecule has 0 spiro atoms. The minimum absolute atomic E-state index is 0.0776. The molecule has 1 aliphatic heterocycles. The molecular formula is C27H26ClN3O5S2. The molecule has 1 aromatic heterocycles. The van der Waals surface area contributed by atoms with Crippen molar-refractivity contribution in [2.75, 3.05) is 29.9 Å². The van der Waals surface area contributed by atoms with E-state index >= 15 is 0 Å². The van der Waals surface area contributed by atoms with Crippen LogP contribution in [0.5, 0.6) is 5.75 Å². The van der Waals surface area contributed by atoms with Gasteiger partial charge in [0.1, 0.15) is 5.75 Å². The first-order valence-corrected chi connectivity index (χ1v) is 14.7. The fourth-order valence-corrected chi connectivity index (χ4v) is 6.79. The molecule has 1 amide bonds. The number of ether oxygens (including phenoxy) is 2. The molecule has 0 bridgehead atoms. The van der Waals surface area contributed by atoms with Gasteiger partial charge in [0.2, 0.25) is 0 Å². The van der Waals surface area contributed by atoms with Crippen LogP contribution in [0.4, 0.5) is 10.8 Å². The molecule has 38 heavy (non-hydrogen) atoms. The Morgan fingerprint density at radius 3 is 2.58 bits per heavy atom. The lowest BCUT2D eigenvalue weighted by Crippen LogP contribution is -2.37. The van der Waals surface area contributed by atoms with Gasteiger partial charge in [-0.25, -0.2) is 13.4 Å². The van der Waals surface area contributed by atoms with Crippen molar-refractivity contribution in [1.29, 1.82) is 0 Å². The Morgan fingerprint density at radius 2 is 1.92 bits per heavy atom. The molecule has 0 aliphatic carbocycles. The number of sulfonamides is 1. The van der Waals surface area contributed by atoms with Crippen molar-refractivity contribution in [3.8, 4) is 5.75 Å². The number of carbonyl (C=O) groups excluding carboxylic acids is 1. The Morgan fingerprint density at radius 1 is 1.18 bits per heavy atom. The lowest BCUT2D eigenvalue weighted by Gasteiger charge is -2.23. The van der Waals surface area contributed by atoms with Gasteiger partial charge in [0.15, 0.2) is 5.13 Å². The Bertz CT molecular complexity index is 1570. The fraction of sp³-hybridized carbons (Fsp3) is 0.259. The maximum Gasteiger partial charge on any atom is 0.261 e. The number of fused-ring (bicyclic) bond motifs is 1. The SMILES string of the molecule is COc1ccc(S(=O)(=O)Nc2ccc(C(=O)N(CC3CCCO3)c3nc4c(C)cc(Cl)cc4s3)cc2)cc1. The van der Waals surface area contributed by atoms with Crippen LogP contribution >= 0.6 is 22.9 Å². The number of rotatable bonds is 8. The van der Waals surface area contributed by atoms with E-state index in [1.807, 2.05) is 19.1 Å². The number of anilines is 2. The van der Waals surface area contributed by atoms with Crippen molar-refractivity contribution < 1.29 is 22.7 Å². The predicted molar refractivity (Wildman–Crippen MR) is 150 cm³/mol. The van der Waals surface area contributed by atoms with Gasteiger partial charge in [-0.1, -0.05) is 22.9 Å². The summed E-state index contributed by atoms with van der Waals surface area (Å²) in [5, 5.41) is 1.19. The number of benzene rings is 3. The second-order valence-corrected chi connectivity index (χ2v) is 12.1. The molecule has 0 saturated carbocycles. The number of aryl methyl sites for hydroxylation is 1. The third-order valence-electron chi connectivity index (χ3n) is 6.28. The number of halogens is 1. The van der Waals surface area contributed by atoms with Gasteiger partial charge < -0.3 is 9.47 Å². The second kappa shape index (κ2) is 10.9. The third kappa shape index (κ3) is 5.63. The van der Waals surface area contributed by atoms with Crippen molar-refractivity contribution >= 4 is 59.9 Å². The molecule has 1 aliphatic rings. The number of nitrogens with zero attached hydrogens (tertiary/aromatic N) is 2. The van der Waals surface area contributed by atoms with E-state index in [9.17, 15) is 13.2 Å². The molecule has 5 rings (SSSR count). The summed E-state index contributed by atoms with van der Waals surface area (Å²) < 4.78 is 39.9. The zero-order chi connectivity index (χ0) is 26.9. The maximum atomic E-state index is 13.7. The molecule has 1 atom stereocenters. The number of hydrogen-bond donors (Lipinski definition) is 1. The van der Waals surface area contributed by atoms with Gasteiger partial charge in [-0.15, -0.1) is 0 Å². The van der Waals surface area contributed by atoms with Gasteiger partial charge in [-0.3, -0.25) is 14.4 Å². The fourth-order valence-electron chi connectivity index (χ4n) is 4.30. The van der Waals surface area contributed by atoms with Crippen molar-refractivity contribution in [3.05, 3.63) is 76.8 Å². The predicted octanol–water partition coefficient (Wildman–Crippen LogP) is 5.89. The Balaban J connectivity index is 1.40. The first-order valence-electron chi connectivity index (χ1n) is 12.0. The van der Waals surface area contributed by atoms with Crippen LogP contribution in [-0.4, -0.2) is 45.7 Å². The first kappa shape index (κ1) is 26.4. The van der Waals surface area contributed by atoms with Gasteiger partial charge in [-0.2, -0.15) is 0 Å². The number of thiazole rings is 1. The van der Waals surface area contributed by atoms with Crippen molar-refractivity contribution in [2.45, 2.75) is 30.8 Å². The van der Waals surface area contributed by atoms with Crippen molar-refractivity contribution in [1.82, 2.24) is 4.98 Å². The van der Waals surface area contributed by atoms with Crippen LogP contribution in [0.1, 0.15) is 28.8 Å². The van der Waals surface area contributed by atoms with Gasteiger partial charge in [0.25, 0.3) is 15.9 Å². The summed E-state index contributed by atoms with van der Waals surface area (Å²) in [6.45, 7) is 2.98. The van der Waals surface area contributed by atoms with Gasteiger partial charge in [0.05, 0.1) is 34.9 Å². The van der Waals surface area contributed by atoms with Gasteiger partial charge in [-0.05, 0) is 86.0 Å². The highest BCUT2D eigenvalue weighted by Crippen LogP contribution is 2.34. The van der Waals surface area contributed by atoms with Gasteiger partial charge in [0, 0.05) is 22.9 Å². The van der Waals surface area contributed by atoms with Crippen LogP contribution in [0.3, 0.4) is 0 Å². The van der Waals surface area contributed by atoms with E-state index in [1.165, 1.54) is 30.6 Å². The smallest absolute Gasteiger partial charge is 0.261 e. The largest absolute Gasteiger partial charge is 0.497 e. The van der Waals surface area contributed by atoms with Crippen LogP contribution < -0.4 is 14.4 Å². The lowest BCUT2D eigenvalue weighted by atomic mass is 10.1. The summed E-state index contributed by atoms with van der Waals surface area (Å²) in [4.78, 5) is 20.2. The maximum absolute atomic E-state index is 13.7. The van der Waals surface area contributed by atoms with Crippen molar-refractivity contribution in [3.63, 3.8) is 0 Å². The highest BCUT2D eigenvalue weighted by Gasteiger charge is 2.27. The van der Waals surface area contributed by atoms with E-state index in [0.717, 1.165) is 28.6 Å². The Kier molecular flexibility index (Phi) is 7.58. The zero-order valence-electron chi connectivity index (χ0n) is 20.8. The summed E-state index contributed by atoms with van der Waals surface area (Å²) in [6.07, 6.45) is 1.74. The van der Waals surface area contributed by atoms with Crippen LogP contribution in [0.15, 0.2) is 65.6 Å². The minimum atomic E-state index is -3.81. The van der Waals surface area contributed by atoms with Crippen LogP contribution in [0.25, 0.3) is 10.2 Å². The minimum Gasteiger partial charge on any atom is -0.497 e. The quantitative estimate of drug-likeness (QED) is 0.283. The average molecular weight is 572 g/mol. The van der Waals surface area contributed by atoms with E-state index in [0.29, 0.717) is 40.3 Å². The van der Waals surface area contributed by atoms with Gasteiger partial charge >= 0.3 is 0 Å². The van der Waals surface area contributed by atoms with E-state index in [-0.39, 0.29) is 16.9 Å². The lowest BCUT2D eigenvalue weighted by molar-refractivity contribution is 0.0917. The summed E-state index contributed by atoms with van der Waals surface area (Å²) in [5.41, 5.74) is 2.49. The summed E-state index contributed by atoms with van der Waals surface area (Å²) in [7, 11) is -2.29. The molecule has 1 saturated heterocycles. The normalized spacial score (nSPS) is 15.5. The Labute approximate surface area is 230 Å². The van der Waals surface area contributed by atoms with E-state index in [4.69, 9.17) is 26.1 Å². The molecule has 2 heterocycles.